The molecule has 2 aromatic carbocycles. The molecular formula is C30H39N. The highest BCUT2D eigenvalue weighted by Gasteiger charge is 2.33. The summed E-state index contributed by atoms with van der Waals surface area (Å²) in [5.74, 6) is 0.600. The maximum atomic E-state index is 4.75. The fourth-order valence-corrected chi connectivity index (χ4v) is 4.71. The van der Waals surface area contributed by atoms with Crippen molar-refractivity contribution in [2.75, 3.05) is 0 Å². The van der Waals surface area contributed by atoms with E-state index >= 15 is 0 Å². The van der Waals surface area contributed by atoms with Gasteiger partial charge in [-0.3, -0.25) is 4.98 Å². The van der Waals surface area contributed by atoms with Crippen molar-refractivity contribution in [3.05, 3.63) is 77.5 Å². The van der Waals surface area contributed by atoms with Gasteiger partial charge >= 0.3 is 0 Å². The predicted octanol–water partition coefficient (Wildman–Crippen LogP) is 8.78. The number of rotatable bonds is 9. The molecule has 3 rings (SSSR count). The van der Waals surface area contributed by atoms with Crippen LogP contribution in [0.4, 0.5) is 0 Å². The van der Waals surface area contributed by atoms with Gasteiger partial charge in [-0.05, 0) is 83.5 Å². The second kappa shape index (κ2) is 10.3. The number of aromatic nitrogens is 1. The van der Waals surface area contributed by atoms with Crippen LogP contribution in [-0.4, -0.2) is 4.98 Å². The minimum atomic E-state index is 0.120. The van der Waals surface area contributed by atoms with Gasteiger partial charge in [0.15, 0.2) is 0 Å². The third-order valence-electron chi connectivity index (χ3n) is 7.44. The Hall–Kier alpha value is -2.41. The molecule has 1 heterocycles. The molecule has 0 bridgehead atoms. The number of hydrogen-bond donors (Lipinski definition) is 0. The molecule has 0 N–H and O–H groups in total. The molecule has 2 unspecified atom stereocenters. The van der Waals surface area contributed by atoms with E-state index in [-0.39, 0.29) is 5.41 Å². The molecule has 3 aromatic rings. The Morgan fingerprint density at radius 1 is 0.935 bits per heavy atom. The molecule has 0 radical (unpaired) electrons. The van der Waals surface area contributed by atoms with Gasteiger partial charge in [-0.25, -0.2) is 0 Å². The minimum absolute atomic E-state index is 0.120. The van der Waals surface area contributed by atoms with Crippen molar-refractivity contribution in [1.29, 1.82) is 0 Å². The normalized spacial score (nSPS) is 14.3. The quantitative estimate of drug-likeness (QED) is 0.341. The van der Waals surface area contributed by atoms with Crippen LogP contribution in [0.1, 0.15) is 77.0 Å². The summed E-state index contributed by atoms with van der Waals surface area (Å²) in [5, 5.41) is 0. The lowest BCUT2D eigenvalue weighted by Gasteiger charge is -2.37. The Bertz CT molecular complexity index is 971. The molecule has 0 saturated heterocycles. The van der Waals surface area contributed by atoms with Crippen molar-refractivity contribution in [2.45, 2.75) is 79.1 Å². The molecule has 0 fully saturated rings. The Labute approximate surface area is 190 Å². The number of pyridine rings is 1. The fraction of sp³-hybridized carbons (Fsp3) is 0.433. The van der Waals surface area contributed by atoms with Gasteiger partial charge in [0.05, 0.1) is 5.69 Å². The monoisotopic (exact) mass is 413 g/mol. The van der Waals surface area contributed by atoms with Gasteiger partial charge in [-0.1, -0.05) is 83.9 Å². The lowest BCUT2D eigenvalue weighted by atomic mass is 9.67. The topological polar surface area (TPSA) is 12.9 Å². The van der Waals surface area contributed by atoms with E-state index in [2.05, 4.69) is 90.1 Å². The molecule has 0 saturated carbocycles. The van der Waals surface area contributed by atoms with Gasteiger partial charge in [0.25, 0.3) is 0 Å². The highest BCUT2D eigenvalue weighted by molar-refractivity contribution is 5.77. The van der Waals surface area contributed by atoms with E-state index in [9.17, 15) is 0 Å². The average molecular weight is 414 g/mol. The number of benzene rings is 2. The zero-order valence-corrected chi connectivity index (χ0v) is 20.3. The van der Waals surface area contributed by atoms with Gasteiger partial charge in [-0.15, -0.1) is 0 Å². The molecule has 0 aliphatic heterocycles. The summed E-state index contributed by atoms with van der Waals surface area (Å²) in [6.45, 7) is 14.0. The molecular weight excluding hydrogens is 374 g/mol. The Kier molecular flexibility index (Phi) is 7.70. The maximum absolute atomic E-state index is 4.75. The lowest BCUT2D eigenvalue weighted by Crippen LogP contribution is -2.30. The van der Waals surface area contributed by atoms with E-state index in [1.165, 1.54) is 52.6 Å². The van der Waals surface area contributed by atoms with Crippen molar-refractivity contribution >= 4 is 0 Å². The smallest absolute Gasteiger partial charge is 0.0705 e. The summed E-state index contributed by atoms with van der Waals surface area (Å²) >= 11 is 0. The molecule has 0 aliphatic carbocycles. The molecule has 0 spiro atoms. The second-order valence-corrected chi connectivity index (χ2v) is 9.31. The van der Waals surface area contributed by atoms with Gasteiger partial charge in [0.1, 0.15) is 0 Å². The molecule has 0 amide bonds. The van der Waals surface area contributed by atoms with E-state index in [1.54, 1.807) is 0 Å². The molecule has 2 atom stereocenters. The van der Waals surface area contributed by atoms with Crippen molar-refractivity contribution in [1.82, 2.24) is 4.98 Å². The van der Waals surface area contributed by atoms with Crippen LogP contribution >= 0.6 is 0 Å². The van der Waals surface area contributed by atoms with Crippen LogP contribution in [0.25, 0.3) is 22.4 Å². The number of aryl methyl sites for hydroxylation is 2. The van der Waals surface area contributed by atoms with Crippen molar-refractivity contribution in [3.63, 3.8) is 0 Å². The standard InChI is InChI=1S/C30H39N/c1-7-10-13-24-15-17-25(18-16-24)26-21-27(29-14-11-12-19-31-29)28(20-22(26)4)30(6,9-3)23(5)8-2/h11-12,14-21,23H,7-10,13H2,1-6H3. The van der Waals surface area contributed by atoms with E-state index in [0.717, 1.165) is 18.5 Å². The van der Waals surface area contributed by atoms with E-state index in [4.69, 9.17) is 4.98 Å². The van der Waals surface area contributed by atoms with Gasteiger partial charge in [0, 0.05) is 11.8 Å². The zero-order valence-electron chi connectivity index (χ0n) is 20.3. The van der Waals surface area contributed by atoms with Gasteiger partial charge in [-0.2, -0.15) is 0 Å². The Morgan fingerprint density at radius 3 is 2.26 bits per heavy atom. The SMILES string of the molecule is CCCCc1ccc(-c2cc(-c3ccccn3)c(C(C)(CC)C(C)CC)cc2C)cc1. The van der Waals surface area contributed by atoms with Crippen LogP contribution in [0.2, 0.25) is 0 Å². The summed E-state index contributed by atoms with van der Waals surface area (Å²) < 4.78 is 0. The van der Waals surface area contributed by atoms with Crippen LogP contribution in [0, 0.1) is 12.8 Å². The first-order valence-corrected chi connectivity index (χ1v) is 12.1. The van der Waals surface area contributed by atoms with Crippen molar-refractivity contribution in [2.24, 2.45) is 5.92 Å². The lowest BCUT2D eigenvalue weighted by molar-refractivity contribution is 0.296. The summed E-state index contributed by atoms with van der Waals surface area (Å²) in [5.41, 5.74) is 9.29. The van der Waals surface area contributed by atoms with E-state index in [0.29, 0.717) is 5.92 Å². The van der Waals surface area contributed by atoms with Crippen molar-refractivity contribution < 1.29 is 0 Å². The summed E-state index contributed by atoms with van der Waals surface area (Å²) in [4.78, 5) is 4.75. The van der Waals surface area contributed by atoms with Crippen LogP contribution < -0.4 is 0 Å². The van der Waals surface area contributed by atoms with Crippen LogP contribution in [0.15, 0.2) is 60.8 Å². The summed E-state index contributed by atoms with van der Waals surface area (Å²) in [7, 11) is 0. The minimum Gasteiger partial charge on any atom is -0.256 e. The molecule has 1 aromatic heterocycles. The third kappa shape index (κ3) is 4.92. The highest BCUT2D eigenvalue weighted by atomic mass is 14.7. The Balaban J connectivity index is 2.16. The average Bonchev–Trinajstić information content (AvgIpc) is 2.82. The number of unbranched alkanes of at least 4 members (excludes halogenated alkanes) is 1. The third-order valence-corrected chi connectivity index (χ3v) is 7.44. The molecule has 164 valence electrons. The first-order chi connectivity index (χ1) is 14.9. The first kappa shape index (κ1) is 23.3. The Morgan fingerprint density at radius 2 is 1.68 bits per heavy atom. The van der Waals surface area contributed by atoms with E-state index < -0.39 is 0 Å². The number of hydrogen-bond acceptors (Lipinski definition) is 1. The van der Waals surface area contributed by atoms with E-state index in [1.807, 2.05) is 12.3 Å². The first-order valence-electron chi connectivity index (χ1n) is 12.1. The zero-order chi connectivity index (χ0) is 22.4. The number of nitrogens with zero attached hydrogens (tertiary/aromatic N) is 1. The fourth-order valence-electron chi connectivity index (χ4n) is 4.71. The van der Waals surface area contributed by atoms with Crippen LogP contribution in [-0.2, 0) is 11.8 Å². The second-order valence-electron chi connectivity index (χ2n) is 9.31. The largest absolute Gasteiger partial charge is 0.256 e. The highest BCUT2D eigenvalue weighted by Crippen LogP contribution is 2.44. The van der Waals surface area contributed by atoms with Gasteiger partial charge < -0.3 is 0 Å². The molecule has 1 heteroatoms. The summed E-state index contributed by atoms with van der Waals surface area (Å²) in [6.07, 6.45) is 7.86. The molecule has 1 nitrogen and oxygen atoms in total. The predicted molar refractivity (Wildman–Crippen MR) is 136 cm³/mol. The summed E-state index contributed by atoms with van der Waals surface area (Å²) in [6, 6.07) is 20.3. The molecule has 31 heavy (non-hydrogen) atoms. The molecule has 0 aliphatic rings. The van der Waals surface area contributed by atoms with Crippen molar-refractivity contribution in [3.8, 4) is 22.4 Å². The van der Waals surface area contributed by atoms with Crippen LogP contribution in [0.5, 0.6) is 0 Å². The van der Waals surface area contributed by atoms with Gasteiger partial charge in [0.2, 0.25) is 0 Å². The van der Waals surface area contributed by atoms with Crippen LogP contribution in [0.3, 0.4) is 0 Å². The maximum Gasteiger partial charge on any atom is 0.0705 e.